The predicted octanol–water partition coefficient (Wildman–Crippen LogP) is 4.53. The molecule has 3 aromatic carbocycles. The number of nitrogens with zero attached hydrogens (tertiary/aromatic N) is 1. The van der Waals surface area contributed by atoms with Gasteiger partial charge >= 0.3 is 0 Å². The van der Waals surface area contributed by atoms with Crippen molar-refractivity contribution < 1.29 is 8.42 Å². The lowest BCUT2D eigenvalue weighted by atomic mass is 10.00. The molecule has 0 radical (unpaired) electrons. The average molecular weight is 339 g/mol. The molecule has 3 aromatic rings. The van der Waals surface area contributed by atoms with Crippen LogP contribution < -0.4 is 0 Å². The smallest absolute Gasteiger partial charge is 0.207 e. The van der Waals surface area contributed by atoms with Crippen LogP contribution in [0.2, 0.25) is 0 Å². The van der Waals surface area contributed by atoms with Crippen LogP contribution in [0.25, 0.3) is 10.8 Å². The van der Waals surface area contributed by atoms with Gasteiger partial charge in [0, 0.05) is 13.1 Å². The minimum Gasteiger partial charge on any atom is -0.207 e. The highest BCUT2D eigenvalue weighted by atomic mass is 32.2. The molecule has 24 heavy (non-hydrogen) atoms. The van der Waals surface area contributed by atoms with Gasteiger partial charge in [0.05, 0.1) is 4.90 Å². The van der Waals surface area contributed by atoms with Gasteiger partial charge in [0.15, 0.2) is 0 Å². The number of hydrogen-bond acceptors (Lipinski definition) is 2. The van der Waals surface area contributed by atoms with Crippen molar-refractivity contribution in [2.24, 2.45) is 0 Å². The molecule has 1 atom stereocenters. The van der Waals surface area contributed by atoms with E-state index in [4.69, 9.17) is 0 Å². The first-order valence-electron chi connectivity index (χ1n) is 7.93. The van der Waals surface area contributed by atoms with Crippen molar-refractivity contribution >= 4 is 20.8 Å². The third kappa shape index (κ3) is 2.95. The number of aryl methyl sites for hydroxylation is 1. The standard InChI is InChI=1S/C20H21NO2S/c1-15-11-13-18(14-12-15)24(22,23)21(3)16(2)19-10-6-8-17-7-4-5-9-20(17)19/h4-14,16H,1-3H3. The molecule has 124 valence electrons. The first-order chi connectivity index (χ1) is 11.4. The van der Waals surface area contributed by atoms with E-state index in [1.807, 2.05) is 68.4 Å². The second-order valence-electron chi connectivity index (χ2n) is 6.08. The molecule has 0 spiro atoms. The fraction of sp³-hybridized carbons (Fsp3) is 0.200. The van der Waals surface area contributed by atoms with Gasteiger partial charge in [-0.05, 0) is 42.3 Å². The van der Waals surface area contributed by atoms with Crippen molar-refractivity contribution in [2.75, 3.05) is 7.05 Å². The zero-order valence-electron chi connectivity index (χ0n) is 14.1. The summed E-state index contributed by atoms with van der Waals surface area (Å²) < 4.78 is 27.3. The fourth-order valence-corrected chi connectivity index (χ4v) is 4.24. The summed E-state index contributed by atoms with van der Waals surface area (Å²) in [5.74, 6) is 0. The third-order valence-corrected chi connectivity index (χ3v) is 6.46. The quantitative estimate of drug-likeness (QED) is 0.700. The number of rotatable bonds is 4. The number of sulfonamides is 1. The molecule has 3 rings (SSSR count). The fourth-order valence-electron chi connectivity index (χ4n) is 2.90. The lowest BCUT2D eigenvalue weighted by molar-refractivity contribution is 0.400. The van der Waals surface area contributed by atoms with Gasteiger partial charge in [-0.15, -0.1) is 0 Å². The SMILES string of the molecule is Cc1ccc(S(=O)(=O)N(C)C(C)c2cccc3ccccc23)cc1. The maximum absolute atomic E-state index is 12.9. The molecule has 3 nitrogen and oxygen atoms in total. The maximum atomic E-state index is 12.9. The molecule has 0 heterocycles. The molecular formula is C20H21NO2S. The highest BCUT2D eigenvalue weighted by molar-refractivity contribution is 7.89. The maximum Gasteiger partial charge on any atom is 0.243 e. The lowest BCUT2D eigenvalue weighted by Gasteiger charge is -2.26. The van der Waals surface area contributed by atoms with E-state index in [1.54, 1.807) is 19.2 Å². The molecule has 1 unspecified atom stereocenters. The summed E-state index contributed by atoms with van der Waals surface area (Å²) in [5.41, 5.74) is 2.05. The van der Waals surface area contributed by atoms with Crippen molar-refractivity contribution in [2.45, 2.75) is 24.8 Å². The van der Waals surface area contributed by atoms with Gasteiger partial charge in [0.2, 0.25) is 10.0 Å². The minimum atomic E-state index is -3.54. The molecule has 0 N–H and O–H groups in total. The molecule has 0 amide bonds. The van der Waals surface area contributed by atoms with E-state index in [0.29, 0.717) is 4.90 Å². The van der Waals surface area contributed by atoms with E-state index in [2.05, 4.69) is 0 Å². The monoisotopic (exact) mass is 339 g/mol. The Labute approximate surface area is 143 Å². The summed E-state index contributed by atoms with van der Waals surface area (Å²) >= 11 is 0. The molecule has 0 aliphatic heterocycles. The predicted molar refractivity (Wildman–Crippen MR) is 98.5 cm³/mol. The molecule has 0 saturated carbocycles. The third-order valence-electron chi connectivity index (χ3n) is 4.52. The van der Waals surface area contributed by atoms with Crippen LogP contribution in [-0.2, 0) is 10.0 Å². The van der Waals surface area contributed by atoms with Gasteiger partial charge in [-0.25, -0.2) is 8.42 Å². The highest BCUT2D eigenvalue weighted by Crippen LogP contribution is 2.30. The van der Waals surface area contributed by atoms with Gasteiger partial charge in [-0.2, -0.15) is 4.31 Å². The Kier molecular flexibility index (Phi) is 4.43. The largest absolute Gasteiger partial charge is 0.243 e. The molecule has 0 saturated heterocycles. The Bertz CT molecular complexity index is 957. The van der Waals surface area contributed by atoms with Crippen LogP contribution in [0.3, 0.4) is 0 Å². The molecule has 0 bridgehead atoms. The first-order valence-corrected chi connectivity index (χ1v) is 9.37. The van der Waals surface area contributed by atoms with Crippen LogP contribution in [0, 0.1) is 6.92 Å². The van der Waals surface area contributed by atoms with Crippen molar-refractivity contribution in [3.63, 3.8) is 0 Å². The topological polar surface area (TPSA) is 37.4 Å². The summed E-state index contributed by atoms with van der Waals surface area (Å²) in [7, 11) is -1.90. The Morgan fingerprint density at radius 3 is 2.21 bits per heavy atom. The van der Waals surface area contributed by atoms with Crippen LogP contribution >= 0.6 is 0 Å². The van der Waals surface area contributed by atoms with Gasteiger partial charge < -0.3 is 0 Å². The second-order valence-corrected chi connectivity index (χ2v) is 8.08. The Balaban J connectivity index is 2.02. The van der Waals surface area contributed by atoms with Crippen molar-refractivity contribution in [3.8, 4) is 0 Å². The van der Waals surface area contributed by atoms with Crippen LogP contribution in [0.4, 0.5) is 0 Å². The molecule has 4 heteroatoms. The first kappa shape index (κ1) is 16.7. The molecule has 0 fully saturated rings. The van der Waals surface area contributed by atoms with E-state index in [9.17, 15) is 8.42 Å². The molecule has 0 aliphatic rings. The normalized spacial score (nSPS) is 13.3. The van der Waals surface area contributed by atoms with Gasteiger partial charge in [-0.1, -0.05) is 60.2 Å². The second kappa shape index (κ2) is 6.38. The van der Waals surface area contributed by atoms with Crippen LogP contribution in [0.15, 0.2) is 71.6 Å². The summed E-state index contributed by atoms with van der Waals surface area (Å²) in [6.07, 6.45) is 0. The van der Waals surface area contributed by atoms with Crippen molar-refractivity contribution in [1.29, 1.82) is 0 Å². The Morgan fingerprint density at radius 2 is 1.50 bits per heavy atom. The molecule has 0 aliphatic carbocycles. The lowest BCUT2D eigenvalue weighted by Crippen LogP contribution is -2.30. The highest BCUT2D eigenvalue weighted by Gasteiger charge is 2.27. The van der Waals surface area contributed by atoms with E-state index >= 15 is 0 Å². The summed E-state index contributed by atoms with van der Waals surface area (Å²) in [6, 6.07) is 20.8. The van der Waals surface area contributed by atoms with E-state index in [0.717, 1.165) is 21.9 Å². The number of fused-ring (bicyclic) bond motifs is 1. The minimum absolute atomic E-state index is 0.262. The van der Waals surface area contributed by atoms with Crippen molar-refractivity contribution in [3.05, 3.63) is 77.9 Å². The zero-order chi connectivity index (χ0) is 17.3. The van der Waals surface area contributed by atoms with Crippen molar-refractivity contribution in [1.82, 2.24) is 4.31 Å². The van der Waals surface area contributed by atoms with Gasteiger partial charge in [0.25, 0.3) is 0 Å². The van der Waals surface area contributed by atoms with Gasteiger partial charge in [-0.3, -0.25) is 0 Å². The number of hydrogen-bond donors (Lipinski definition) is 0. The van der Waals surface area contributed by atoms with Crippen LogP contribution in [0.1, 0.15) is 24.1 Å². The zero-order valence-corrected chi connectivity index (χ0v) is 14.9. The molecule has 0 aromatic heterocycles. The van der Waals surface area contributed by atoms with Gasteiger partial charge in [0.1, 0.15) is 0 Å². The average Bonchev–Trinajstić information content (AvgIpc) is 2.60. The van der Waals surface area contributed by atoms with Crippen LogP contribution in [0.5, 0.6) is 0 Å². The van der Waals surface area contributed by atoms with Crippen LogP contribution in [-0.4, -0.2) is 19.8 Å². The summed E-state index contributed by atoms with van der Waals surface area (Å²) in [5, 5.41) is 2.20. The molecular weight excluding hydrogens is 318 g/mol. The Morgan fingerprint density at radius 1 is 0.875 bits per heavy atom. The van der Waals surface area contributed by atoms with E-state index in [-0.39, 0.29) is 6.04 Å². The Hall–Kier alpha value is -2.17. The van der Waals surface area contributed by atoms with E-state index < -0.39 is 10.0 Å². The number of benzene rings is 3. The summed E-state index contributed by atoms with van der Waals surface area (Å²) in [6.45, 7) is 3.87. The summed E-state index contributed by atoms with van der Waals surface area (Å²) in [4.78, 5) is 0.322. The van der Waals surface area contributed by atoms with E-state index in [1.165, 1.54) is 4.31 Å².